The monoisotopic (exact) mass is 353 g/mol. The Morgan fingerprint density at radius 3 is 2.35 bits per heavy atom. The van der Waals surface area contributed by atoms with Gasteiger partial charge >= 0.3 is 0 Å². The first-order chi connectivity index (χ1) is 10.8. The van der Waals surface area contributed by atoms with Crippen LogP contribution in [0.1, 0.15) is 16.7 Å². The summed E-state index contributed by atoms with van der Waals surface area (Å²) in [5, 5.41) is 0.578. The standard InChI is InChI=1S/C17H20ClNO3S/c1-12-9-13(2)17(14(3)10-12)23(20,21)19-7-8-22-16-6-4-5-15(18)11-16/h4-6,9-11,19H,7-8H2,1-3H3. The maximum atomic E-state index is 12.5. The van der Waals surface area contributed by atoms with Crippen molar-refractivity contribution in [1.29, 1.82) is 0 Å². The molecule has 0 amide bonds. The number of halogens is 1. The van der Waals surface area contributed by atoms with Crippen molar-refractivity contribution in [2.45, 2.75) is 25.7 Å². The molecule has 0 saturated heterocycles. The molecule has 0 saturated carbocycles. The number of aryl methyl sites for hydroxylation is 3. The summed E-state index contributed by atoms with van der Waals surface area (Å²) in [6, 6.07) is 10.7. The minimum Gasteiger partial charge on any atom is -0.492 e. The Kier molecular flexibility index (Phi) is 5.68. The Balaban J connectivity index is 2.00. The molecule has 0 atom stereocenters. The van der Waals surface area contributed by atoms with Crippen LogP contribution in [-0.4, -0.2) is 21.6 Å². The quantitative estimate of drug-likeness (QED) is 0.807. The zero-order chi connectivity index (χ0) is 17.0. The Morgan fingerprint density at radius 2 is 1.74 bits per heavy atom. The van der Waals surface area contributed by atoms with Gasteiger partial charge in [0.1, 0.15) is 12.4 Å². The Bertz CT molecular complexity index is 780. The van der Waals surface area contributed by atoms with E-state index >= 15 is 0 Å². The molecule has 2 aromatic rings. The molecule has 0 bridgehead atoms. The van der Waals surface area contributed by atoms with Crippen molar-refractivity contribution in [2.75, 3.05) is 13.2 Å². The van der Waals surface area contributed by atoms with Gasteiger partial charge in [0.05, 0.1) is 4.90 Å². The van der Waals surface area contributed by atoms with Crippen LogP contribution in [0.3, 0.4) is 0 Å². The van der Waals surface area contributed by atoms with Crippen LogP contribution in [-0.2, 0) is 10.0 Å². The molecule has 0 fully saturated rings. The van der Waals surface area contributed by atoms with Crippen LogP contribution in [0, 0.1) is 20.8 Å². The van der Waals surface area contributed by atoms with E-state index in [1.54, 1.807) is 38.1 Å². The second kappa shape index (κ2) is 7.34. The third-order valence-electron chi connectivity index (χ3n) is 3.33. The van der Waals surface area contributed by atoms with Crippen molar-refractivity contribution in [3.63, 3.8) is 0 Å². The summed E-state index contributed by atoms with van der Waals surface area (Å²) in [7, 11) is -3.56. The minimum atomic E-state index is -3.56. The van der Waals surface area contributed by atoms with E-state index in [1.807, 2.05) is 19.1 Å². The van der Waals surface area contributed by atoms with Crippen LogP contribution in [0.2, 0.25) is 5.02 Å². The van der Waals surface area contributed by atoms with Crippen molar-refractivity contribution in [1.82, 2.24) is 4.72 Å². The Hall–Kier alpha value is -1.56. The lowest BCUT2D eigenvalue weighted by Crippen LogP contribution is -2.29. The maximum Gasteiger partial charge on any atom is 0.241 e. The summed E-state index contributed by atoms with van der Waals surface area (Å²) in [6.07, 6.45) is 0. The van der Waals surface area contributed by atoms with E-state index in [9.17, 15) is 8.42 Å². The van der Waals surface area contributed by atoms with Crippen LogP contribution in [0.15, 0.2) is 41.3 Å². The van der Waals surface area contributed by atoms with Gasteiger partial charge in [0.25, 0.3) is 0 Å². The minimum absolute atomic E-state index is 0.182. The molecule has 0 aliphatic rings. The summed E-state index contributed by atoms with van der Waals surface area (Å²) in [6.45, 7) is 5.96. The highest BCUT2D eigenvalue weighted by Crippen LogP contribution is 2.21. The molecule has 4 nitrogen and oxygen atoms in total. The van der Waals surface area contributed by atoms with Crippen molar-refractivity contribution < 1.29 is 13.2 Å². The lowest BCUT2D eigenvalue weighted by molar-refractivity contribution is 0.323. The van der Waals surface area contributed by atoms with E-state index in [2.05, 4.69) is 4.72 Å². The first-order valence-corrected chi connectivity index (χ1v) is 9.11. The first kappa shape index (κ1) is 17.8. The molecule has 0 unspecified atom stereocenters. The van der Waals surface area contributed by atoms with E-state index < -0.39 is 10.0 Å². The number of benzene rings is 2. The molecule has 2 aromatic carbocycles. The third kappa shape index (κ3) is 4.70. The molecule has 0 aliphatic carbocycles. The SMILES string of the molecule is Cc1cc(C)c(S(=O)(=O)NCCOc2cccc(Cl)c2)c(C)c1. The van der Waals surface area contributed by atoms with Gasteiger partial charge in [0.15, 0.2) is 0 Å². The second-order valence-electron chi connectivity index (χ2n) is 5.43. The van der Waals surface area contributed by atoms with Gasteiger partial charge in [-0.25, -0.2) is 13.1 Å². The molecule has 0 aliphatic heterocycles. The van der Waals surface area contributed by atoms with Crippen molar-refractivity contribution in [3.8, 4) is 5.75 Å². The molecular formula is C17H20ClNO3S. The fraction of sp³-hybridized carbons (Fsp3) is 0.294. The summed E-state index contributed by atoms with van der Waals surface area (Å²) >= 11 is 5.87. The molecule has 0 radical (unpaired) electrons. The van der Waals surface area contributed by atoms with Crippen LogP contribution < -0.4 is 9.46 Å². The number of hydrogen-bond acceptors (Lipinski definition) is 3. The lowest BCUT2D eigenvalue weighted by atomic mass is 10.1. The molecule has 0 spiro atoms. The lowest BCUT2D eigenvalue weighted by Gasteiger charge is -2.13. The highest BCUT2D eigenvalue weighted by molar-refractivity contribution is 7.89. The predicted molar refractivity (Wildman–Crippen MR) is 92.8 cm³/mol. The van der Waals surface area contributed by atoms with Crippen LogP contribution >= 0.6 is 11.6 Å². The van der Waals surface area contributed by atoms with Gasteiger partial charge in [0, 0.05) is 11.6 Å². The van der Waals surface area contributed by atoms with Crippen LogP contribution in [0.4, 0.5) is 0 Å². The van der Waals surface area contributed by atoms with Gasteiger partial charge in [-0.1, -0.05) is 35.4 Å². The highest BCUT2D eigenvalue weighted by atomic mass is 35.5. The van der Waals surface area contributed by atoms with Gasteiger partial charge in [-0.2, -0.15) is 0 Å². The molecular weight excluding hydrogens is 334 g/mol. The van der Waals surface area contributed by atoms with Crippen LogP contribution in [0.25, 0.3) is 0 Å². The van der Waals surface area contributed by atoms with E-state index in [1.165, 1.54) is 0 Å². The zero-order valence-electron chi connectivity index (χ0n) is 13.4. The summed E-state index contributed by atoms with van der Waals surface area (Å²) in [5.74, 6) is 0.611. The fourth-order valence-corrected chi connectivity index (χ4v) is 4.21. The van der Waals surface area contributed by atoms with Crippen molar-refractivity contribution in [3.05, 3.63) is 58.1 Å². The molecule has 23 heavy (non-hydrogen) atoms. The van der Waals surface area contributed by atoms with Gasteiger partial charge < -0.3 is 4.74 Å². The van der Waals surface area contributed by atoms with Gasteiger partial charge in [0.2, 0.25) is 10.0 Å². The van der Waals surface area contributed by atoms with Crippen LogP contribution in [0.5, 0.6) is 5.75 Å². The smallest absolute Gasteiger partial charge is 0.241 e. The van der Waals surface area contributed by atoms with E-state index in [4.69, 9.17) is 16.3 Å². The number of nitrogens with one attached hydrogen (secondary N) is 1. The Labute approximate surface area is 142 Å². The van der Waals surface area contributed by atoms with Gasteiger partial charge in [-0.05, 0) is 50.1 Å². The average molecular weight is 354 g/mol. The number of rotatable bonds is 6. The first-order valence-electron chi connectivity index (χ1n) is 7.25. The molecule has 6 heteroatoms. The maximum absolute atomic E-state index is 12.5. The summed E-state index contributed by atoms with van der Waals surface area (Å²) < 4.78 is 33.0. The average Bonchev–Trinajstić information content (AvgIpc) is 2.42. The number of sulfonamides is 1. The van der Waals surface area contributed by atoms with E-state index in [0.717, 1.165) is 16.7 Å². The molecule has 2 rings (SSSR count). The fourth-order valence-electron chi connectivity index (χ4n) is 2.56. The molecule has 1 N–H and O–H groups in total. The van der Waals surface area contributed by atoms with Gasteiger partial charge in [-0.3, -0.25) is 0 Å². The topological polar surface area (TPSA) is 55.4 Å². The number of ether oxygens (including phenoxy) is 1. The third-order valence-corrected chi connectivity index (χ3v) is 5.33. The Morgan fingerprint density at radius 1 is 1.09 bits per heavy atom. The largest absolute Gasteiger partial charge is 0.492 e. The highest BCUT2D eigenvalue weighted by Gasteiger charge is 2.19. The van der Waals surface area contributed by atoms with Crippen molar-refractivity contribution >= 4 is 21.6 Å². The van der Waals surface area contributed by atoms with E-state index in [0.29, 0.717) is 15.7 Å². The predicted octanol–water partition coefficient (Wildman–Crippen LogP) is 3.62. The molecule has 124 valence electrons. The summed E-state index contributed by atoms with van der Waals surface area (Å²) in [5.41, 5.74) is 2.53. The van der Waals surface area contributed by atoms with E-state index in [-0.39, 0.29) is 13.2 Å². The van der Waals surface area contributed by atoms with Gasteiger partial charge in [-0.15, -0.1) is 0 Å². The second-order valence-corrected chi connectivity index (χ2v) is 7.57. The summed E-state index contributed by atoms with van der Waals surface area (Å²) in [4.78, 5) is 0.339. The van der Waals surface area contributed by atoms with Crippen molar-refractivity contribution in [2.24, 2.45) is 0 Å². The zero-order valence-corrected chi connectivity index (χ0v) is 15.0. The molecule has 0 heterocycles. The molecule has 0 aromatic heterocycles. The normalized spacial score (nSPS) is 11.5. The number of hydrogen-bond donors (Lipinski definition) is 1.